The monoisotopic (exact) mass is 313 g/mol. The zero-order valence-corrected chi connectivity index (χ0v) is 12.9. The molecular weight excluding hydrogens is 294 g/mol. The third-order valence-electron chi connectivity index (χ3n) is 3.07. The van der Waals surface area contributed by atoms with Gasteiger partial charge in [-0.3, -0.25) is 9.59 Å². The number of rotatable bonds is 7. The summed E-state index contributed by atoms with van der Waals surface area (Å²) in [6.45, 7) is 1.89. The molecule has 0 aliphatic rings. The Hall–Kier alpha value is -1.89. The second kappa shape index (κ2) is 7.21. The van der Waals surface area contributed by atoms with Crippen molar-refractivity contribution < 1.29 is 23.1 Å². The number of carboxylic acids is 1. The fraction of sp³-hybridized carbons (Fsp3) is 0.429. The van der Waals surface area contributed by atoms with E-state index in [1.54, 1.807) is 14.0 Å². The van der Waals surface area contributed by atoms with Crippen LogP contribution < -0.4 is 0 Å². The number of hydrogen-bond acceptors (Lipinski definition) is 4. The molecule has 0 spiro atoms. The van der Waals surface area contributed by atoms with Crippen molar-refractivity contribution in [1.82, 2.24) is 4.90 Å². The van der Waals surface area contributed by atoms with Crippen molar-refractivity contribution in [3.05, 3.63) is 29.8 Å². The van der Waals surface area contributed by atoms with Gasteiger partial charge in [0.15, 0.2) is 9.84 Å². The first kappa shape index (κ1) is 17.2. The van der Waals surface area contributed by atoms with E-state index in [-0.39, 0.29) is 23.0 Å². The average molecular weight is 313 g/mol. The van der Waals surface area contributed by atoms with E-state index in [1.807, 2.05) is 0 Å². The summed E-state index contributed by atoms with van der Waals surface area (Å²) in [6.07, 6.45) is 0.380. The highest BCUT2D eigenvalue weighted by Gasteiger charge is 2.15. The molecule has 116 valence electrons. The molecule has 1 aromatic carbocycles. The summed E-state index contributed by atoms with van der Waals surface area (Å²) in [4.78, 5) is 24.1. The molecule has 1 aromatic rings. The first-order valence-corrected chi connectivity index (χ1v) is 8.23. The third kappa shape index (κ3) is 4.86. The summed E-state index contributed by atoms with van der Waals surface area (Å²) in [6, 6.07) is 5.77. The Balaban J connectivity index is 2.73. The maximum atomic E-state index is 12.1. The Morgan fingerprint density at radius 3 is 2.24 bits per heavy atom. The number of carbonyl (C=O) groups is 2. The van der Waals surface area contributed by atoms with E-state index in [9.17, 15) is 18.0 Å². The first-order chi connectivity index (χ1) is 9.77. The summed E-state index contributed by atoms with van der Waals surface area (Å²) in [5.41, 5.74) is 0.378. The van der Waals surface area contributed by atoms with Crippen LogP contribution in [-0.2, 0) is 14.6 Å². The molecule has 6 nitrogen and oxygen atoms in total. The summed E-state index contributed by atoms with van der Waals surface area (Å²) in [5, 5.41) is 8.55. The number of hydrogen-bond donors (Lipinski definition) is 1. The van der Waals surface area contributed by atoms with Gasteiger partial charge in [0.2, 0.25) is 0 Å². The Bertz CT molecular complexity index is 607. The molecule has 1 N–H and O–H groups in total. The van der Waals surface area contributed by atoms with Gasteiger partial charge in [-0.05, 0) is 30.7 Å². The minimum atomic E-state index is -3.27. The highest BCUT2D eigenvalue weighted by molar-refractivity contribution is 7.91. The molecule has 0 aromatic heterocycles. The Kier molecular flexibility index (Phi) is 5.90. The smallest absolute Gasteiger partial charge is 0.303 e. The lowest BCUT2D eigenvalue weighted by atomic mass is 10.2. The fourth-order valence-corrected chi connectivity index (χ4v) is 2.64. The van der Waals surface area contributed by atoms with Gasteiger partial charge in [0.05, 0.1) is 10.6 Å². The van der Waals surface area contributed by atoms with Crippen LogP contribution in [0.4, 0.5) is 0 Å². The van der Waals surface area contributed by atoms with Crippen molar-refractivity contribution in [2.75, 3.05) is 19.3 Å². The van der Waals surface area contributed by atoms with E-state index in [0.717, 1.165) is 0 Å². The number of carbonyl (C=O) groups excluding carboxylic acids is 1. The number of benzene rings is 1. The maximum Gasteiger partial charge on any atom is 0.303 e. The molecule has 1 rings (SSSR count). The van der Waals surface area contributed by atoms with Gasteiger partial charge in [-0.2, -0.15) is 0 Å². The van der Waals surface area contributed by atoms with Crippen LogP contribution in [0, 0.1) is 0 Å². The lowest BCUT2D eigenvalue weighted by Gasteiger charge is -2.16. The van der Waals surface area contributed by atoms with E-state index in [0.29, 0.717) is 18.5 Å². The van der Waals surface area contributed by atoms with Crippen LogP contribution in [0.1, 0.15) is 30.1 Å². The molecule has 0 aliphatic carbocycles. The van der Waals surface area contributed by atoms with Gasteiger partial charge in [-0.1, -0.05) is 6.92 Å². The zero-order chi connectivity index (χ0) is 16.0. The van der Waals surface area contributed by atoms with Crippen LogP contribution in [0.25, 0.3) is 0 Å². The van der Waals surface area contributed by atoms with Crippen molar-refractivity contribution >= 4 is 21.7 Å². The van der Waals surface area contributed by atoms with Gasteiger partial charge < -0.3 is 10.0 Å². The predicted octanol–water partition coefficient (Wildman–Crippen LogP) is 1.42. The molecule has 7 heteroatoms. The highest BCUT2D eigenvalue weighted by Crippen LogP contribution is 2.13. The lowest BCUT2D eigenvalue weighted by Crippen LogP contribution is -2.28. The van der Waals surface area contributed by atoms with Gasteiger partial charge >= 0.3 is 5.97 Å². The van der Waals surface area contributed by atoms with Crippen molar-refractivity contribution in [2.45, 2.75) is 24.7 Å². The molecule has 0 aliphatic heterocycles. The van der Waals surface area contributed by atoms with Crippen molar-refractivity contribution in [3.8, 4) is 0 Å². The molecule has 0 saturated heterocycles. The van der Waals surface area contributed by atoms with Crippen LogP contribution in [-0.4, -0.2) is 49.6 Å². The van der Waals surface area contributed by atoms with Gasteiger partial charge in [0.25, 0.3) is 5.91 Å². The van der Waals surface area contributed by atoms with Gasteiger partial charge in [0, 0.05) is 25.6 Å². The summed E-state index contributed by atoms with van der Waals surface area (Å²) >= 11 is 0. The summed E-state index contributed by atoms with van der Waals surface area (Å²) in [7, 11) is -1.69. The number of sulfone groups is 1. The van der Waals surface area contributed by atoms with Gasteiger partial charge in [-0.25, -0.2) is 8.42 Å². The van der Waals surface area contributed by atoms with Gasteiger partial charge in [0.1, 0.15) is 0 Å². The van der Waals surface area contributed by atoms with E-state index < -0.39 is 15.8 Å². The largest absolute Gasteiger partial charge is 0.481 e. The summed E-state index contributed by atoms with van der Waals surface area (Å²) < 4.78 is 23.3. The molecule has 21 heavy (non-hydrogen) atoms. The van der Waals surface area contributed by atoms with Gasteiger partial charge in [-0.15, -0.1) is 0 Å². The predicted molar refractivity (Wildman–Crippen MR) is 78.0 cm³/mol. The number of amides is 1. The Morgan fingerprint density at radius 2 is 1.76 bits per heavy atom. The topological polar surface area (TPSA) is 91.8 Å². The normalized spacial score (nSPS) is 11.1. The second-order valence-corrected chi connectivity index (χ2v) is 6.93. The van der Waals surface area contributed by atoms with Crippen LogP contribution in [0.3, 0.4) is 0 Å². The average Bonchev–Trinajstić information content (AvgIpc) is 2.46. The van der Waals surface area contributed by atoms with Crippen molar-refractivity contribution in [2.24, 2.45) is 0 Å². The van der Waals surface area contributed by atoms with E-state index in [2.05, 4.69) is 0 Å². The number of carboxylic acid groups (broad SMARTS) is 1. The highest BCUT2D eigenvalue weighted by atomic mass is 32.2. The van der Waals surface area contributed by atoms with Crippen LogP contribution in [0.2, 0.25) is 0 Å². The quantitative estimate of drug-likeness (QED) is 0.822. The standard InChI is InChI=1S/C14H19NO5S/c1-3-21(19,20)12-8-6-11(7-9-12)14(18)15(2)10-4-5-13(16)17/h6-9H,3-5,10H2,1-2H3,(H,16,17). The lowest BCUT2D eigenvalue weighted by molar-refractivity contribution is -0.137. The van der Waals surface area contributed by atoms with Crippen LogP contribution in [0.5, 0.6) is 0 Å². The Labute approximate surface area is 124 Å². The minimum Gasteiger partial charge on any atom is -0.481 e. The second-order valence-electron chi connectivity index (χ2n) is 4.65. The van der Waals surface area contributed by atoms with E-state index >= 15 is 0 Å². The molecule has 0 unspecified atom stereocenters. The summed E-state index contributed by atoms with van der Waals surface area (Å²) in [5.74, 6) is -1.15. The number of nitrogens with zero attached hydrogens (tertiary/aromatic N) is 1. The van der Waals surface area contributed by atoms with Crippen molar-refractivity contribution in [1.29, 1.82) is 0 Å². The van der Waals surface area contributed by atoms with Crippen molar-refractivity contribution in [3.63, 3.8) is 0 Å². The molecule has 1 amide bonds. The third-order valence-corrected chi connectivity index (χ3v) is 4.82. The SMILES string of the molecule is CCS(=O)(=O)c1ccc(C(=O)N(C)CCCC(=O)O)cc1. The maximum absolute atomic E-state index is 12.1. The molecule has 0 heterocycles. The van der Waals surface area contributed by atoms with E-state index in [4.69, 9.17) is 5.11 Å². The molecule has 0 saturated carbocycles. The van der Waals surface area contributed by atoms with Crippen LogP contribution >= 0.6 is 0 Å². The minimum absolute atomic E-state index is 0.00526. The van der Waals surface area contributed by atoms with Crippen LogP contribution in [0.15, 0.2) is 29.2 Å². The fourth-order valence-electron chi connectivity index (χ4n) is 1.76. The molecular formula is C14H19NO5S. The molecule has 0 bridgehead atoms. The molecule has 0 fully saturated rings. The Morgan fingerprint density at radius 1 is 1.19 bits per heavy atom. The molecule has 0 radical (unpaired) electrons. The zero-order valence-electron chi connectivity index (χ0n) is 12.1. The first-order valence-electron chi connectivity index (χ1n) is 6.58. The number of aliphatic carboxylic acids is 1. The van der Waals surface area contributed by atoms with E-state index in [1.165, 1.54) is 29.2 Å². The molecule has 0 atom stereocenters.